The largest absolute Gasteiger partial charge is 0.306 e. The van der Waals surface area contributed by atoms with Gasteiger partial charge in [0.25, 0.3) is 0 Å². The number of hydrogen-bond donors (Lipinski definition) is 0. The van der Waals surface area contributed by atoms with Gasteiger partial charge < -0.3 is 9.80 Å². The minimum absolute atomic E-state index is 0.939. The van der Waals surface area contributed by atoms with Gasteiger partial charge in [0.15, 0.2) is 0 Å². The van der Waals surface area contributed by atoms with E-state index in [0.717, 1.165) is 18.0 Å². The number of fused-ring (bicyclic) bond motifs is 2. The van der Waals surface area contributed by atoms with Crippen molar-refractivity contribution >= 4 is 0 Å². The van der Waals surface area contributed by atoms with Crippen molar-refractivity contribution in [1.82, 2.24) is 9.80 Å². The highest BCUT2D eigenvalue weighted by Crippen LogP contribution is 2.36. The summed E-state index contributed by atoms with van der Waals surface area (Å²) in [6.07, 6.45) is 10.1. The van der Waals surface area contributed by atoms with E-state index in [0.29, 0.717) is 0 Å². The smallest absolute Gasteiger partial charge is 0.00982 e. The van der Waals surface area contributed by atoms with Crippen molar-refractivity contribution in [3.8, 4) is 0 Å². The Kier molecular flexibility index (Phi) is 4.87. The van der Waals surface area contributed by atoms with Gasteiger partial charge >= 0.3 is 0 Å². The maximum Gasteiger partial charge on any atom is 0.00982 e. The van der Waals surface area contributed by atoms with Crippen molar-refractivity contribution < 1.29 is 0 Å². The zero-order valence-electron chi connectivity index (χ0n) is 12.0. The van der Waals surface area contributed by atoms with Crippen molar-refractivity contribution in [2.45, 2.75) is 64.0 Å². The normalized spacial score (nSPS) is 38.6. The van der Waals surface area contributed by atoms with Crippen LogP contribution in [0.25, 0.3) is 0 Å². The molecule has 17 heavy (non-hydrogen) atoms. The van der Waals surface area contributed by atoms with Crippen molar-refractivity contribution in [2.75, 3.05) is 27.2 Å². The van der Waals surface area contributed by atoms with Gasteiger partial charge in [-0.2, -0.15) is 0 Å². The quantitative estimate of drug-likeness (QED) is 0.640. The molecule has 3 fully saturated rings. The van der Waals surface area contributed by atoms with Gasteiger partial charge in [0.2, 0.25) is 0 Å². The van der Waals surface area contributed by atoms with Gasteiger partial charge in [-0.1, -0.05) is 13.3 Å². The molecule has 0 aliphatic carbocycles. The molecular formula is C15H30N2. The number of rotatable bonds is 0. The molecule has 100 valence electrons. The first kappa shape index (κ1) is 13.4. The first-order valence-corrected chi connectivity index (χ1v) is 7.57. The third kappa shape index (κ3) is 3.69. The van der Waals surface area contributed by atoms with Gasteiger partial charge in [-0.05, 0) is 71.6 Å². The van der Waals surface area contributed by atoms with Crippen LogP contribution >= 0.6 is 0 Å². The van der Waals surface area contributed by atoms with E-state index in [1.165, 1.54) is 58.0 Å². The van der Waals surface area contributed by atoms with E-state index < -0.39 is 0 Å². The fourth-order valence-corrected chi connectivity index (χ4v) is 3.74. The second kappa shape index (κ2) is 6.19. The molecule has 3 aliphatic rings. The Bertz CT molecular complexity index is 209. The highest BCUT2D eigenvalue weighted by molar-refractivity contribution is 4.91. The molecule has 2 nitrogen and oxygen atoms in total. The summed E-state index contributed by atoms with van der Waals surface area (Å²) in [5.41, 5.74) is 0. The topological polar surface area (TPSA) is 6.48 Å². The molecular weight excluding hydrogens is 208 g/mol. The molecule has 3 rings (SSSR count). The summed E-state index contributed by atoms with van der Waals surface area (Å²) in [4.78, 5) is 4.99. The lowest BCUT2D eigenvalue weighted by Gasteiger charge is -2.34. The summed E-state index contributed by atoms with van der Waals surface area (Å²) in [5.74, 6) is 0.994. The number of piperidine rings is 2. The van der Waals surface area contributed by atoms with Gasteiger partial charge in [0, 0.05) is 12.1 Å². The zero-order valence-corrected chi connectivity index (χ0v) is 12.0. The number of hydrogen-bond acceptors (Lipinski definition) is 2. The van der Waals surface area contributed by atoms with Crippen LogP contribution in [0, 0.1) is 5.92 Å². The van der Waals surface area contributed by atoms with Crippen LogP contribution in [0.4, 0.5) is 0 Å². The van der Waals surface area contributed by atoms with Crippen molar-refractivity contribution in [3.63, 3.8) is 0 Å². The Morgan fingerprint density at radius 1 is 0.824 bits per heavy atom. The minimum atomic E-state index is 0.939. The Hall–Kier alpha value is -0.0800. The maximum absolute atomic E-state index is 2.60. The molecule has 0 aromatic carbocycles. The number of likely N-dealkylation sites (tertiary alicyclic amines) is 1. The molecule has 3 aliphatic heterocycles. The second-order valence-corrected chi connectivity index (χ2v) is 6.49. The van der Waals surface area contributed by atoms with Crippen LogP contribution < -0.4 is 0 Å². The third-order valence-corrected chi connectivity index (χ3v) is 4.91. The average Bonchev–Trinajstić information content (AvgIpc) is 2.54. The van der Waals surface area contributed by atoms with Crippen LogP contribution in [0.2, 0.25) is 0 Å². The Balaban J connectivity index is 0.000000136. The first-order valence-electron chi connectivity index (χ1n) is 7.57. The Morgan fingerprint density at radius 3 is 1.76 bits per heavy atom. The van der Waals surface area contributed by atoms with E-state index in [-0.39, 0.29) is 0 Å². The summed E-state index contributed by atoms with van der Waals surface area (Å²) in [5, 5.41) is 0. The monoisotopic (exact) mass is 238 g/mol. The summed E-state index contributed by atoms with van der Waals surface area (Å²) < 4.78 is 0. The highest BCUT2D eigenvalue weighted by atomic mass is 15.2. The van der Waals surface area contributed by atoms with Gasteiger partial charge in [0.05, 0.1) is 0 Å². The molecule has 3 saturated heterocycles. The SMILES string of the molecule is CC1CC2CCC(C1)N2C.CN1CCCCC1. The molecule has 3 heterocycles. The van der Waals surface area contributed by atoms with Crippen LogP contribution in [-0.2, 0) is 0 Å². The lowest BCUT2D eigenvalue weighted by molar-refractivity contribution is 0.142. The fraction of sp³-hybridized carbons (Fsp3) is 1.00. The summed E-state index contributed by atoms with van der Waals surface area (Å²) in [7, 11) is 4.49. The molecule has 0 aromatic heterocycles. The third-order valence-electron chi connectivity index (χ3n) is 4.91. The summed E-state index contributed by atoms with van der Waals surface area (Å²) >= 11 is 0. The Labute approximate surface area is 107 Å². The van der Waals surface area contributed by atoms with Crippen LogP contribution in [0.15, 0.2) is 0 Å². The van der Waals surface area contributed by atoms with Crippen LogP contribution in [-0.4, -0.2) is 49.1 Å². The van der Waals surface area contributed by atoms with Gasteiger partial charge in [-0.15, -0.1) is 0 Å². The summed E-state index contributed by atoms with van der Waals surface area (Å²) in [6.45, 7) is 5.04. The molecule has 2 heteroatoms. The molecule has 0 radical (unpaired) electrons. The van der Waals surface area contributed by atoms with Gasteiger partial charge in [-0.3, -0.25) is 0 Å². The molecule has 2 unspecified atom stereocenters. The molecule has 0 saturated carbocycles. The molecule has 0 N–H and O–H groups in total. The molecule has 0 aromatic rings. The van der Waals surface area contributed by atoms with E-state index in [1.54, 1.807) is 0 Å². The van der Waals surface area contributed by atoms with E-state index >= 15 is 0 Å². The van der Waals surface area contributed by atoms with Crippen LogP contribution in [0.1, 0.15) is 51.9 Å². The maximum atomic E-state index is 2.60. The second-order valence-electron chi connectivity index (χ2n) is 6.49. The van der Waals surface area contributed by atoms with Gasteiger partial charge in [0.1, 0.15) is 0 Å². The molecule has 0 amide bonds. The molecule has 2 atom stereocenters. The van der Waals surface area contributed by atoms with Crippen LogP contribution in [0.3, 0.4) is 0 Å². The predicted molar refractivity (Wildman–Crippen MR) is 74.3 cm³/mol. The van der Waals surface area contributed by atoms with E-state index in [2.05, 4.69) is 30.8 Å². The van der Waals surface area contributed by atoms with Gasteiger partial charge in [-0.25, -0.2) is 0 Å². The zero-order chi connectivity index (χ0) is 12.3. The lowest BCUT2D eigenvalue weighted by atomic mass is 9.93. The molecule has 2 bridgehead atoms. The first-order chi connectivity index (χ1) is 8.16. The van der Waals surface area contributed by atoms with Crippen molar-refractivity contribution in [3.05, 3.63) is 0 Å². The van der Waals surface area contributed by atoms with Crippen molar-refractivity contribution in [1.29, 1.82) is 0 Å². The minimum Gasteiger partial charge on any atom is -0.306 e. The van der Waals surface area contributed by atoms with Crippen molar-refractivity contribution in [2.24, 2.45) is 5.92 Å². The lowest BCUT2D eigenvalue weighted by Crippen LogP contribution is -2.39. The summed E-state index contributed by atoms with van der Waals surface area (Å²) in [6, 6.07) is 1.88. The van der Waals surface area contributed by atoms with Crippen LogP contribution in [0.5, 0.6) is 0 Å². The van der Waals surface area contributed by atoms with E-state index in [1.807, 2.05) is 0 Å². The highest BCUT2D eigenvalue weighted by Gasteiger charge is 2.36. The molecule has 0 spiro atoms. The van der Waals surface area contributed by atoms with E-state index in [9.17, 15) is 0 Å². The Morgan fingerprint density at radius 2 is 1.35 bits per heavy atom. The predicted octanol–water partition coefficient (Wildman–Crippen LogP) is 2.98. The number of nitrogens with zero attached hydrogens (tertiary/aromatic N) is 2. The fourth-order valence-electron chi connectivity index (χ4n) is 3.74. The standard InChI is InChI=1S/C9H17N.C6H13N/c1-7-5-8-3-4-9(6-7)10(8)2;1-7-5-3-2-4-6-7/h7-9H,3-6H2,1-2H3;2-6H2,1H3. The van der Waals surface area contributed by atoms with E-state index in [4.69, 9.17) is 0 Å². The average molecular weight is 238 g/mol.